The summed E-state index contributed by atoms with van der Waals surface area (Å²) in [5.74, 6) is -0.00750. The highest BCUT2D eigenvalue weighted by Gasteiger charge is 2.21. The minimum absolute atomic E-state index is 0. The van der Waals surface area contributed by atoms with Crippen molar-refractivity contribution >= 4 is 18.4 Å². The van der Waals surface area contributed by atoms with Gasteiger partial charge in [-0.2, -0.15) is 0 Å². The molecule has 90 valence electrons. The fourth-order valence-corrected chi connectivity index (χ4v) is 1.13. The monoisotopic (exact) mass is 237 g/mol. The van der Waals surface area contributed by atoms with Gasteiger partial charge < -0.3 is 9.84 Å². The van der Waals surface area contributed by atoms with E-state index in [1.54, 1.807) is 18.9 Å². The summed E-state index contributed by atoms with van der Waals surface area (Å²) in [7, 11) is 1.80. The molecule has 1 saturated carbocycles. The molecule has 0 radical (unpaired) electrons. The summed E-state index contributed by atoms with van der Waals surface area (Å²) in [5.41, 5.74) is 0. The molecule has 0 heterocycles. The second-order valence-corrected chi connectivity index (χ2v) is 4.01. The number of carbonyl (C=O) groups is 1. The van der Waals surface area contributed by atoms with Crippen molar-refractivity contribution in [2.45, 2.75) is 25.8 Å². The van der Waals surface area contributed by atoms with Crippen LogP contribution in [0.3, 0.4) is 0 Å². The van der Waals surface area contributed by atoms with Crippen LogP contribution in [-0.2, 0) is 9.53 Å². The number of likely N-dealkylation sites (N-methyl/N-ethyl adjacent to an activating group) is 1. The van der Waals surface area contributed by atoms with Crippen LogP contribution in [0.5, 0.6) is 0 Å². The van der Waals surface area contributed by atoms with Crippen LogP contribution >= 0.6 is 12.4 Å². The molecule has 0 aliphatic heterocycles. The second kappa shape index (κ2) is 7.04. The van der Waals surface area contributed by atoms with E-state index in [9.17, 15) is 4.79 Å². The summed E-state index contributed by atoms with van der Waals surface area (Å²) in [5, 5.41) is 8.72. The maximum Gasteiger partial charge on any atom is 0.320 e. The van der Waals surface area contributed by atoms with E-state index in [0.29, 0.717) is 13.2 Å². The van der Waals surface area contributed by atoms with E-state index >= 15 is 0 Å². The van der Waals surface area contributed by atoms with Crippen molar-refractivity contribution in [2.24, 2.45) is 5.92 Å². The first kappa shape index (κ1) is 14.7. The molecule has 0 aromatic rings. The number of carboxylic acid groups (broad SMARTS) is 1. The van der Waals surface area contributed by atoms with Crippen LogP contribution in [0.2, 0.25) is 0 Å². The molecule has 0 amide bonds. The maximum absolute atomic E-state index is 10.6. The van der Waals surface area contributed by atoms with Crippen molar-refractivity contribution in [2.75, 3.05) is 26.8 Å². The molecule has 5 heteroatoms. The molecule has 1 rings (SSSR count). The second-order valence-electron chi connectivity index (χ2n) is 4.01. The number of aliphatic carboxylic acids is 1. The van der Waals surface area contributed by atoms with Gasteiger partial charge in [0.15, 0.2) is 0 Å². The van der Waals surface area contributed by atoms with Crippen molar-refractivity contribution < 1.29 is 14.6 Å². The first-order valence-electron chi connectivity index (χ1n) is 5.12. The molecule has 0 aromatic carbocycles. The fraction of sp³-hybridized carbons (Fsp3) is 0.900. The Labute approximate surface area is 97.0 Å². The van der Waals surface area contributed by atoms with Crippen LogP contribution in [0.15, 0.2) is 0 Å². The quantitative estimate of drug-likeness (QED) is 0.677. The molecule has 1 unspecified atom stereocenters. The molecule has 0 aromatic heterocycles. The summed E-state index contributed by atoms with van der Waals surface area (Å²) >= 11 is 0. The van der Waals surface area contributed by atoms with Gasteiger partial charge in [0.2, 0.25) is 0 Å². The van der Waals surface area contributed by atoms with Crippen LogP contribution < -0.4 is 0 Å². The van der Waals surface area contributed by atoms with Crippen molar-refractivity contribution in [3.8, 4) is 0 Å². The third-order valence-corrected chi connectivity index (χ3v) is 2.66. The lowest BCUT2D eigenvalue weighted by molar-refractivity contribution is -0.142. The Hall–Kier alpha value is -0.320. The first-order valence-corrected chi connectivity index (χ1v) is 5.12. The largest absolute Gasteiger partial charge is 0.480 e. The molecule has 15 heavy (non-hydrogen) atoms. The SMILES string of the molecule is CC(C(=O)O)N(C)CCOCC1CC1.Cl. The van der Waals surface area contributed by atoms with E-state index in [4.69, 9.17) is 9.84 Å². The van der Waals surface area contributed by atoms with E-state index in [-0.39, 0.29) is 12.4 Å². The van der Waals surface area contributed by atoms with E-state index in [1.165, 1.54) is 12.8 Å². The molecule has 1 atom stereocenters. The van der Waals surface area contributed by atoms with Crippen LogP contribution in [0.25, 0.3) is 0 Å². The van der Waals surface area contributed by atoms with Gasteiger partial charge in [0.25, 0.3) is 0 Å². The predicted octanol–water partition coefficient (Wildman–Crippen LogP) is 1.24. The van der Waals surface area contributed by atoms with Crippen LogP contribution in [-0.4, -0.2) is 48.8 Å². The fourth-order valence-electron chi connectivity index (χ4n) is 1.13. The Kier molecular flexibility index (Phi) is 6.89. The highest BCUT2D eigenvalue weighted by Crippen LogP contribution is 2.28. The summed E-state index contributed by atoms with van der Waals surface area (Å²) < 4.78 is 5.42. The molecular weight excluding hydrogens is 218 g/mol. The normalized spacial score (nSPS) is 17.3. The first-order chi connectivity index (χ1) is 6.61. The van der Waals surface area contributed by atoms with Crippen LogP contribution in [0.1, 0.15) is 19.8 Å². The number of halogens is 1. The van der Waals surface area contributed by atoms with Gasteiger partial charge in [-0.25, -0.2) is 0 Å². The zero-order chi connectivity index (χ0) is 10.6. The summed E-state index contributed by atoms with van der Waals surface area (Å²) in [6, 6.07) is -0.431. The summed E-state index contributed by atoms with van der Waals surface area (Å²) in [6.07, 6.45) is 2.59. The van der Waals surface area contributed by atoms with E-state index in [1.807, 2.05) is 0 Å². The van der Waals surface area contributed by atoms with E-state index in [0.717, 1.165) is 12.5 Å². The third kappa shape index (κ3) is 5.97. The van der Waals surface area contributed by atoms with Gasteiger partial charge in [0.1, 0.15) is 6.04 Å². The molecule has 0 spiro atoms. The van der Waals surface area contributed by atoms with Crippen LogP contribution in [0.4, 0.5) is 0 Å². The Morgan fingerprint density at radius 3 is 2.67 bits per heavy atom. The Bertz CT molecular complexity index is 197. The van der Waals surface area contributed by atoms with Crippen molar-refractivity contribution in [3.63, 3.8) is 0 Å². The molecule has 1 aliphatic carbocycles. The molecule has 4 nitrogen and oxygen atoms in total. The molecule has 1 N–H and O–H groups in total. The molecular formula is C10H20ClNO3. The number of hydrogen-bond donors (Lipinski definition) is 1. The topological polar surface area (TPSA) is 49.8 Å². The Balaban J connectivity index is 0.00000196. The van der Waals surface area contributed by atoms with E-state index < -0.39 is 12.0 Å². The van der Waals surface area contributed by atoms with Gasteiger partial charge in [-0.3, -0.25) is 9.69 Å². The van der Waals surface area contributed by atoms with Gasteiger partial charge >= 0.3 is 5.97 Å². The highest BCUT2D eigenvalue weighted by atomic mass is 35.5. The number of nitrogens with zero attached hydrogens (tertiary/aromatic N) is 1. The maximum atomic E-state index is 10.6. The minimum Gasteiger partial charge on any atom is -0.480 e. The standard InChI is InChI=1S/C10H19NO3.ClH/c1-8(10(12)13)11(2)5-6-14-7-9-3-4-9;/h8-9H,3-7H2,1-2H3,(H,12,13);1H. The Morgan fingerprint density at radius 1 is 1.60 bits per heavy atom. The zero-order valence-corrected chi connectivity index (χ0v) is 10.1. The molecule has 0 bridgehead atoms. The van der Waals surface area contributed by atoms with Gasteiger partial charge in [0.05, 0.1) is 6.61 Å². The summed E-state index contributed by atoms with van der Waals surface area (Å²) in [6.45, 7) is 3.84. The molecule has 1 aliphatic rings. The predicted molar refractivity (Wildman–Crippen MR) is 60.5 cm³/mol. The van der Waals surface area contributed by atoms with E-state index in [2.05, 4.69) is 0 Å². The van der Waals surface area contributed by atoms with Gasteiger partial charge in [-0.15, -0.1) is 12.4 Å². The van der Waals surface area contributed by atoms with Gasteiger partial charge in [-0.05, 0) is 32.7 Å². The highest BCUT2D eigenvalue weighted by molar-refractivity contribution is 5.85. The molecule has 0 saturated heterocycles. The number of ether oxygens (including phenoxy) is 1. The smallest absolute Gasteiger partial charge is 0.320 e. The zero-order valence-electron chi connectivity index (χ0n) is 9.31. The number of carboxylic acids is 1. The average Bonchev–Trinajstić information content (AvgIpc) is 2.94. The van der Waals surface area contributed by atoms with Gasteiger partial charge in [0, 0.05) is 13.2 Å². The summed E-state index contributed by atoms with van der Waals surface area (Å²) in [4.78, 5) is 12.4. The lowest BCUT2D eigenvalue weighted by atomic mass is 10.3. The molecule has 1 fully saturated rings. The van der Waals surface area contributed by atoms with Gasteiger partial charge in [-0.1, -0.05) is 0 Å². The van der Waals surface area contributed by atoms with Crippen molar-refractivity contribution in [1.29, 1.82) is 0 Å². The average molecular weight is 238 g/mol. The number of rotatable bonds is 7. The van der Waals surface area contributed by atoms with Crippen molar-refractivity contribution in [3.05, 3.63) is 0 Å². The third-order valence-electron chi connectivity index (χ3n) is 2.66. The van der Waals surface area contributed by atoms with Crippen LogP contribution in [0, 0.1) is 5.92 Å². The number of hydrogen-bond acceptors (Lipinski definition) is 3. The lowest BCUT2D eigenvalue weighted by Crippen LogP contribution is -2.37. The lowest BCUT2D eigenvalue weighted by Gasteiger charge is -2.20. The van der Waals surface area contributed by atoms with Crippen molar-refractivity contribution in [1.82, 2.24) is 4.90 Å². The minimum atomic E-state index is -0.783. The Morgan fingerprint density at radius 2 is 2.20 bits per heavy atom.